The van der Waals surface area contributed by atoms with Crippen LogP contribution < -0.4 is 11.3 Å². The third-order valence-electron chi connectivity index (χ3n) is 1.03. The summed E-state index contributed by atoms with van der Waals surface area (Å²) in [5.41, 5.74) is 3.15. The Morgan fingerprint density at radius 1 is 1.09 bits per heavy atom. The van der Waals surface area contributed by atoms with Crippen LogP contribution in [0, 0.1) is 0 Å². The van der Waals surface area contributed by atoms with Crippen molar-refractivity contribution < 1.29 is 0 Å². The highest BCUT2D eigenvalue weighted by molar-refractivity contribution is 6.35. The third kappa shape index (κ3) is 3.16. The molecule has 0 aliphatic carbocycles. The highest BCUT2D eigenvalue weighted by Gasteiger charge is 1.94. The summed E-state index contributed by atoms with van der Waals surface area (Å²) in [5, 5.41) is 1.14. The van der Waals surface area contributed by atoms with Crippen LogP contribution in [0.15, 0.2) is 18.2 Å². The van der Waals surface area contributed by atoms with Crippen molar-refractivity contribution in [1.82, 2.24) is 0 Å². The number of hydrogen-bond donors (Lipinski definition) is 2. The Hall–Kier alpha value is -0.150. The molecule has 0 amide bonds. The Morgan fingerprint density at radius 3 is 1.91 bits per heavy atom. The van der Waals surface area contributed by atoms with E-state index in [0.29, 0.717) is 15.7 Å². The monoisotopic (exact) mass is 212 g/mol. The van der Waals surface area contributed by atoms with Crippen LogP contribution in [0.4, 0.5) is 5.69 Å². The first-order valence-electron chi connectivity index (χ1n) is 2.65. The minimum atomic E-state index is 0. The SMILES string of the molecule is Cl.NNc1cc(Cl)cc(Cl)c1. The molecule has 0 aromatic heterocycles. The summed E-state index contributed by atoms with van der Waals surface area (Å²) in [6.45, 7) is 0. The minimum absolute atomic E-state index is 0. The first-order chi connectivity index (χ1) is 4.72. The molecule has 0 saturated heterocycles. The van der Waals surface area contributed by atoms with Crippen molar-refractivity contribution in [3.8, 4) is 0 Å². The molecule has 0 saturated carbocycles. The Balaban J connectivity index is 0.000001000. The lowest BCUT2D eigenvalue weighted by Gasteiger charge is -1.99. The van der Waals surface area contributed by atoms with Gasteiger partial charge in [-0.05, 0) is 18.2 Å². The highest BCUT2D eigenvalue weighted by atomic mass is 35.5. The summed E-state index contributed by atoms with van der Waals surface area (Å²) in [5.74, 6) is 5.12. The van der Waals surface area contributed by atoms with Gasteiger partial charge in [0.05, 0.1) is 5.69 Å². The summed E-state index contributed by atoms with van der Waals surface area (Å²) in [4.78, 5) is 0. The van der Waals surface area contributed by atoms with Gasteiger partial charge in [-0.25, -0.2) is 0 Å². The summed E-state index contributed by atoms with van der Waals surface area (Å²) < 4.78 is 0. The third-order valence-corrected chi connectivity index (χ3v) is 1.47. The lowest BCUT2D eigenvalue weighted by atomic mass is 10.3. The number of anilines is 1. The van der Waals surface area contributed by atoms with Gasteiger partial charge in [0.15, 0.2) is 0 Å². The van der Waals surface area contributed by atoms with E-state index in [1.165, 1.54) is 0 Å². The molecule has 5 heteroatoms. The van der Waals surface area contributed by atoms with Crippen LogP contribution in [-0.2, 0) is 0 Å². The number of nitrogen functional groups attached to an aromatic ring is 1. The van der Waals surface area contributed by atoms with E-state index in [2.05, 4.69) is 5.43 Å². The van der Waals surface area contributed by atoms with Crippen molar-refractivity contribution in [3.63, 3.8) is 0 Å². The van der Waals surface area contributed by atoms with Gasteiger partial charge in [-0.1, -0.05) is 23.2 Å². The maximum atomic E-state index is 5.65. The van der Waals surface area contributed by atoms with Crippen LogP contribution >= 0.6 is 35.6 Å². The summed E-state index contributed by atoms with van der Waals surface area (Å²) >= 11 is 11.3. The first-order valence-corrected chi connectivity index (χ1v) is 3.40. The van der Waals surface area contributed by atoms with Crippen LogP contribution in [-0.4, -0.2) is 0 Å². The van der Waals surface area contributed by atoms with E-state index in [4.69, 9.17) is 29.0 Å². The van der Waals surface area contributed by atoms with Gasteiger partial charge >= 0.3 is 0 Å². The van der Waals surface area contributed by atoms with Crippen LogP contribution in [0.25, 0.3) is 0 Å². The van der Waals surface area contributed by atoms with Crippen molar-refractivity contribution in [3.05, 3.63) is 28.2 Å². The molecule has 0 fully saturated rings. The molecule has 2 nitrogen and oxygen atoms in total. The molecule has 62 valence electrons. The van der Waals surface area contributed by atoms with Crippen LogP contribution in [0.3, 0.4) is 0 Å². The average Bonchev–Trinajstić information content (AvgIpc) is 1.85. The molecule has 0 heterocycles. The van der Waals surface area contributed by atoms with E-state index in [-0.39, 0.29) is 12.4 Å². The summed E-state index contributed by atoms with van der Waals surface area (Å²) in [7, 11) is 0. The van der Waals surface area contributed by atoms with Crippen LogP contribution in [0.1, 0.15) is 0 Å². The molecule has 0 aliphatic heterocycles. The first kappa shape index (κ1) is 10.8. The number of nitrogens with two attached hydrogens (primary N) is 1. The van der Waals surface area contributed by atoms with Gasteiger partial charge in [-0.2, -0.15) is 0 Å². The lowest BCUT2D eigenvalue weighted by molar-refractivity contribution is 1.35. The molecule has 0 unspecified atom stereocenters. The molecular weight excluding hydrogens is 206 g/mol. The van der Waals surface area contributed by atoms with E-state index in [1.807, 2.05) is 0 Å². The predicted octanol–water partition coefficient (Wildman–Crippen LogP) is 2.70. The van der Waals surface area contributed by atoms with Gasteiger partial charge in [-0.15, -0.1) is 12.4 Å². The number of hydrazine groups is 1. The zero-order chi connectivity index (χ0) is 7.56. The number of halogens is 3. The normalized spacial score (nSPS) is 8.64. The molecule has 1 rings (SSSR count). The quantitative estimate of drug-likeness (QED) is 0.556. The molecule has 0 atom stereocenters. The Labute approximate surface area is 81.1 Å². The van der Waals surface area contributed by atoms with Gasteiger partial charge < -0.3 is 5.43 Å². The van der Waals surface area contributed by atoms with E-state index in [0.717, 1.165) is 0 Å². The van der Waals surface area contributed by atoms with Gasteiger partial charge in [0, 0.05) is 10.0 Å². The highest BCUT2D eigenvalue weighted by Crippen LogP contribution is 2.21. The molecule has 0 spiro atoms. The Morgan fingerprint density at radius 2 is 1.55 bits per heavy atom. The minimum Gasteiger partial charge on any atom is -0.324 e. The standard InChI is InChI=1S/C6H6Cl2N2.ClH/c7-4-1-5(8)3-6(2-4)10-9;/h1-3,10H,9H2;1H. The predicted molar refractivity (Wildman–Crippen MR) is 51.5 cm³/mol. The molecule has 0 aliphatic rings. The Kier molecular flexibility index (Phi) is 4.61. The van der Waals surface area contributed by atoms with Crippen molar-refractivity contribution in [1.29, 1.82) is 0 Å². The fraction of sp³-hybridized carbons (Fsp3) is 0. The number of nitrogens with one attached hydrogen (secondary N) is 1. The van der Waals surface area contributed by atoms with Gasteiger partial charge in [0.25, 0.3) is 0 Å². The maximum Gasteiger partial charge on any atom is 0.0514 e. The van der Waals surface area contributed by atoms with E-state index in [1.54, 1.807) is 18.2 Å². The zero-order valence-corrected chi connectivity index (χ0v) is 7.80. The number of benzene rings is 1. The van der Waals surface area contributed by atoms with Crippen molar-refractivity contribution in [2.45, 2.75) is 0 Å². The smallest absolute Gasteiger partial charge is 0.0514 e. The second-order valence-electron chi connectivity index (χ2n) is 1.80. The molecule has 0 radical (unpaired) electrons. The molecule has 11 heavy (non-hydrogen) atoms. The molecule has 0 bridgehead atoms. The zero-order valence-electron chi connectivity index (χ0n) is 5.47. The second-order valence-corrected chi connectivity index (χ2v) is 2.68. The summed E-state index contributed by atoms with van der Waals surface area (Å²) in [6, 6.07) is 5.02. The number of hydrogen-bond acceptors (Lipinski definition) is 2. The fourth-order valence-corrected chi connectivity index (χ4v) is 1.16. The van der Waals surface area contributed by atoms with Gasteiger partial charge in [0.2, 0.25) is 0 Å². The number of rotatable bonds is 1. The largest absolute Gasteiger partial charge is 0.324 e. The van der Waals surface area contributed by atoms with E-state index in [9.17, 15) is 0 Å². The van der Waals surface area contributed by atoms with Gasteiger partial charge in [0.1, 0.15) is 0 Å². The van der Waals surface area contributed by atoms with E-state index < -0.39 is 0 Å². The second kappa shape index (κ2) is 4.67. The van der Waals surface area contributed by atoms with E-state index >= 15 is 0 Å². The van der Waals surface area contributed by atoms with Crippen molar-refractivity contribution >= 4 is 41.3 Å². The molecule has 3 N–H and O–H groups in total. The topological polar surface area (TPSA) is 38.0 Å². The average molecular weight is 213 g/mol. The van der Waals surface area contributed by atoms with Crippen LogP contribution in [0.2, 0.25) is 10.0 Å². The molecular formula is C6H7Cl3N2. The fourth-order valence-electron chi connectivity index (χ4n) is 0.637. The maximum absolute atomic E-state index is 5.65. The van der Waals surface area contributed by atoms with Gasteiger partial charge in [-0.3, -0.25) is 5.84 Å². The van der Waals surface area contributed by atoms with Crippen molar-refractivity contribution in [2.24, 2.45) is 5.84 Å². The molecule has 1 aromatic carbocycles. The lowest BCUT2D eigenvalue weighted by Crippen LogP contribution is -2.06. The van der Waals surface area contributed by atoms with Crippen LogP contribution in [0.5, 0.6) is 0 Å². The van der Waals surface area contributed by atoms with Crippen molar-refractivity contribution in [2.75, 3.05) is 5.43 Å². The summed E-state index contributed by atoms with van der Waals surface area (Å²) in [6.07, 6.45) is 0. The Bertz CT molecular complexity index is 219. The molecule has 1 aromatic rings.